The standard InChI is InChI=1S/C18H23N3O/c1-19-11-6-9-17(19)18(22)20(2)13-15-10-12-21(14-15)16-7-4-3-5-8-16/h3-9,11,15H,10,12-14H2,1-2H3/t15-/m0/s1. The second kappa shape index (κ2) is 6.26. The van der Waals surface area contributed by atoms with Gasteiger partial charge in [0.05, 0.1) is 0 Å². The molecular weight excluding hydrogens is 274 g/mol. The van der Waals surface area contributed by atoms with Crippen LogP contribution in [0, 0.1) is 5.92 Å². The molecule has 2 aromatic rings. The third-order valence-corrected chi connectivity index (χ3v) is 4.45. The quantitative estimate of drug-likeness (QED) is 0.868. The highest BCUT2D eigenvalue weighted by atomic mass is 16.2. The molecule has 2 heterocycles. The van der Waals surface area contributed by atoms with Crippen LogP contribution >= 0.6 is 0 Å². The van der Waals surface area contributed by atoms with Gasteiger partial charge >= 0.3 is 0 Å². The van der Waals surface area contributed by atoms with E-state index in [4.69, 9.17) is 0 Å². The molecule has 0 saturated carbocycles. The molecule has 0 unspecified atom stereocenters. The van der Waals surface area contributed by atoms with E-state index in [9.17, 15) is 4.79 Å². The number of hydrogen-bond donors (Lipinski definition) is 0. The maximum atomic E-state index is 12.5. The monoisotopic (exact) mass is 297 g/mol. The summed E-state index contributed by atoms with van der Waals surface area (Å²) in [5.41, 5.74) is 2.03. The molecule has 0 N–H and O–H groups in total. The maximum Gasteiger partial charge on any atom is 0.270 e. The van der Waals surface area contributed by atoms with Gasteiger partial charge in [-0.3, -0.25) is 4.79 Å². The first-order valence-corrected chi connectivity index (χ1v) is 7.82. The van der Waals surface area contributed by atoms with Gasteiger partial charge in [-0.25, -0.2) is 0 Å². The van der Waals surface area contributed by atoms with Crippen LogP contribution in [0.15, 0.2) is 48.7 Å². The molecule has 0 aliphatic carbocycles. The van der Waals surface area contributed by atoms with Crippen LogP contribution in [0.5, 0.6) is 0 Å². The van der Waals surface area contributed by atoms with Crippen molar-refractivity contribution in [3.05, 3.63) is 54.4 Å². The van der Waals surface area contributed by atoms with Crippen LogP contribution in [-0.2, 0) is 7.05 Å². The summed E-state index contributed by atoms with van der Waals surface area (Å²) in [6.07, 6.45) is 3.05. The summed E-state index contributed by atoms with van der Waals surface area (Å²) in [6, 6.07) is 14.3. The average molecular weight is 297 g/mol. The summed E-state index contributed by atoms with van der Waals surface area (Å²) >= 11 is 0. The smallest absolute Gasteiger partial charge is 0.270 e. The molecule has 1 aromatic heterocycles. The number of amides is 1. The number of aromatic nitrogens is 1. The van der Waals surface area contributed by atoms with Gasteiger partial charge in [0, 0.05) is 45.6 Å². The van der Waals surface area contributed by atoms with Crippen molar-refractivity contribution in [2.45, 2.75) is 6.42 Å². The lowest BCUT2D eigenvalue weighted by atomic mass is 10.1. The molecule has 4 nitrogen and oxygen atoms in total. The van der Waals surface area contributed by atoms with Gasteiger partial charge in [0.15, 0.2) is 0 Å². The van der Waals surface area contributed by atoms with Gasteiger partial charge in [-0.1, -0.05) is 18.2 Å². The van der Waals surface area contributed by atoms with E-state index in [1.165, 1.54) is 5.69 Å². The summed E-state index contributed by atoms with van der Waals surface area (Å²) in [5.74, 6) is 0.639. The molecule has 1 saturated heterocycles. The van der Waals surface area contributed by atoms with Crippen LogP contribution in [-0.4, -0.2) is 42.1 Å². The van der Waals surface area contributed by atoms with E-state index in [1.54, 1.807) is 0 Å². The van der Waals surface area contributed by atoms with Crippen molar-refractivity contribution < 1.29 is 4.79 Å². The number of rotatable bonds is 4. The van der Waals surface area contributed by atoms with Crippen LogP contribution in [0.25, 0.3) is 0 Å². The number of carbonyl (C=O) groups is 1. The Morgan fingerprint density at radius 2 is 2.00 bits per heavy atom. The fourth-order valence-corrected chi connectivity index (χ4v) is 3.20. The van der Waals surface area contributed by atoms with E-state index in [0.717, 1.165) is 31.7 Å². The molecule has 1 amide bonds. The number of benzene rings is 1. The zero-order chi connectivity index (χ0) is 15.5. The van der Waals surface area contributed by atoms with Crippen molar-refractivity contribution in [1.82, 2.24) is 9.47 Å². The number of anilines is 1. The SMILES string of the molecule is CN(C[C@@H]1CCN(c2ccccc2)C1)C(=O)c1cccn1C. The number of para-hydroxylation sites is 1. The van der Waals surface area contributed by atoms with Crippen LogP contribution in [0.1, 0.15) is 16.9 Å². The Balaban J connectivity index is 1.58. The van der Waals surface area contributed by atoms with Gasteiger partial charge in [-0.15, -0.1) is 0 Å². The summed E-state index contributed by atoms with van der Waals surface area (Å²) < 4.78 is 1.88. The molecule has 0 bridgehead atoms. The highest BCUT2D eigenvalue weighted by Crippen LogP contribution is 2.24. The molecule has 0 radical (unpaired) electrons. The molecule has 1 aliphatic rings. The normalized spacial score (nSPS) is 17.7. The van der Waals surface area contributed by atoms with Gasteiger partial charge < -0.3 is 14.4 Å². The van der Waals surface area contributed by atoms with Crippen LogP contribution in [0.3, 0.4) is 0 Å². The first-order valence-electron chi connectivity index (χ1n) is 7.82. The minimum Gasteiger partial charge on any atom is -0.371 e. The lowest BCUT2D eigenvalue weighted by Gasteiger charge is -2.23. The molecule has 0 spiro atoms. The fraction of sp³-hybridized carbons (Fsp3) is 0.389. The Hall–Kier alpha value is -2.23. The van der Waals surface area contributed by atoms with E-state index in [2.05, 4.69) is 29.2 Å². The molecule has 1 aliphatic heterocycles. The highest BCUT2D eigenvalue weighted by molar-refractivity contribution is 5.92. The molecular formula is C18H23N3O. The number of aryl methyl sites for hydroxylation is 1. The van der Waals surface area contributed by atoms with Gasteiger partial charge in [-0.05, 0) is 36.6 Å². The third-order valence-electron chi connectivity index (χ3n) is 4.45. The van der Waals surface area contributed by atoms with E-state index in [0.29, 0.717) is 5.92 Å². The number of carbonyl (C=O) groups excluding carboxylic acids is 1. The van der Waals surface area contributed by atoms with Gasteiger partial charge in [0.1, 0.15) is 5.69 Å². The van der Waals surface area contributed by atoms with Crippen LogP contribution in [0.4, 0.5) is 5.69 Å². The molecule has 1 atom stereocenters. The Labute approximate surface area is 132 Å². The summed E-state index contributed by atoms with van der Waals surface area (Å²) in [5, 5.41) is 0. The zero-order valence-electron chi connectivity index (χ0n) is 13.3. The van der Waals surface area contributed by atoms with Crippen LogP contribution in [0.2, 0.25) is 0 Å². The maximum absolute atomic E-state index is 12.5. The second-order valence-corrected chi connectivity index (χ2v) is 6.13. The molecule has 1 fully saturated rings. The summed E-state index contributed by atoms with van der Waals surface area (Å²) in [4.78, 5) is 16.7. The predicted molar refractivity (Wildman–Crippen MR) is 89.1 cm³/mol. The molecule has 4 heteroatoms. The fourth-order valence-electron chi connectivity index (χ4n) is 3.20. The first-order chi connectivity index (χ1) is 10.6. The van der Waals surface area contributed by atoms with Crippen molar-refractivity contribution in [3.8, 4) is 0 Å². The molecule has 22 heavy (non-hydrogen) atoms. The average Bonchev–Trinajstić information content (AvgIpc) is 3.16. The van der Waals surface area contributed by atoms with E-state index < -0.39 is 0 Å². The Kier molecular flexibility index (Phi) is 4.18. The summed E-state index contributed by atoms with van der Waals surface area (Å²) in [7, 11) is 3.81. The zero-order valence-corrected chi connectivity index (χ0v) is 13.3. The largest absolute Gasteiger partial charge is 0.371 e. The predicted octanol–water partition coefficient (Wildman–Crippen LogP) is 2.62. The van der Waals surface area contributed by atoms with E-state index >= 15 is 0 Å². The van der Waals surface area contributed by atoms with Gasteiger partial charge in [-0.2, -0.15) is 0 Å². The topological polar surface area (TPSA) is 28.5 Å². The van der Waals surface area contributed by atoms with Gasteiger partial charge in [0.2, 0.25) is 0 Å². The highest BCUT2D eigenvalue weighted by Gasteiger charge is 2.25. The number of nitrogens with zero attached hydrogens (tertiary/aromatic N) is 3. The molecule has 1 aromatic carbocycles. The second-order valence-electron chi connectivity index (χ2n) is 6.13. The lowest BCUT2D eigenvalue weighted by molar-refractivity contribution is 0.0767. The minimum absolute atomic E-state index is 0.102. The first kappa shape index (κ1) is 14.7. The van der Waals surface area contributed by atoms with Crippen molar-refractivity contribution >= 4 is 11.6 Å². The van der Waals surface area contributed by atoms with Crippen molar-refractivity contribution in [1.29, 1.82) is 0 Å². The van der Waals surface area contributed by atoms with Crippen LogP contribution < -0.4 is 4.90 Å². The Bertz CT molecular complexity index is 635. The van der Waals surface area contributed by atoms with E-state index in [1.807, 2.05) is 48.0 Å². The third kappa shape index (κ3) is 3.01. The summed E-state index contributed by atoms with van der Waals surface area (Å²) in [6.45, 7) is 2.91. The molecule has 116 valence electrons. The Morgan fingerprint density at radius 3 is 2.68 bits per heavy atom. The van der Waals surface area contributed by atoms with Gasteiger partial charge in [0.25, 0.3) is 5.91 Å². The Morgan fingerprint density at radius 1 is 1.23 bits per heavy atom. The molecule has 3 rings (SSSR count). The number of hydrogen-bond acceptors (Lipinski definition) is 2. The lowest BCUT2D eigenvalue weighted by Crippen LogP contribution is -2.34. The van der Waals surface area contributed by atoms with E-state index in [-0.39, 0.29) is 5.91 Å². The van der Waals surface area contributed by atoms with Crippen molar-refractivity contribution in [2.24, 2.45) is 13.0 Å². The van der Waals surface area contributed by atoms with Crippen molar-refractivity contribution in [2.75, 3.05) is 31.6 Å². The minimum atomic E-state index is 0.102. The van der Waals surface area contributed by atoms with Crippen molar-refractivity contribution in [3.63, 3.8) is 0 Å².